The fourth-order valence-electron chi connectivity index (χ4n) is 7.45. The lowest BCUT2D eigenvalue weighted by molar-refractivity contribution is -0.193. The van der Waals surface area contributed by atoms with Gasteiger partial charge in [0.1, 0.15) is 0 Å². The minimum atomic E-state index is -0.318. The Balaban J connectivity index is 1.78. The van der Waals surface area contributed by atoms with Crippen LogP contribution in [-0.2, 0) is 0 Å². The summed E-state index contributed by atoms with van der Waals surface area (Å²) >= 11 is 0. The van der Waals surface area contributed by atoms with E-state index in [9.17, 15) is 15.3 Å². The molecule has 2 bridgehead atoms. The van der Waals surface area contributed by atoms with E-state index in [1.165, 1.54) is 18.4 Å². The van der Waals surface area contributed by atoms with Gasteiger partial charge in [0.2, 0.25) is 0 Å². The molecule has 0 aromatic rings. The molecule has 4 rings (SSSR count). The van der Waals surface area contributed by atoms with Gasteiger partial charge in [-0.05, 0) is 72.7 Å². The molecule has 0 aromatic carbocycles. The summed E-state index contributed by atoms with van der Waals surface area (Å²) in [5.74, 6) is 1.39. The van der Waals surface area contributed by atoms with E-state index >= 15 is 0 Å². The second-order valence-electron chi connectivity index (χ2n) is 9.50. The molecule has 0 radical (unpaired) electrons. The SMILES string of the molecule is C[C@]1(CO)CCC[C@]2(C)[C@H]1C[C@H](O)[C@]13C=C(CO)[C@H](CC[C@@H]21)C3. The Morgan fingerprint density at radius 2 is 1.91 bits per heavy atom. The Morgan fingerprint density at radius 3 is 2.61 bits per heavy atom. The first-order valence-corrected chi connectivity index (χ1v) is 9.51. The smallest absolute Gasteiger partial charge is 0.0644 e. The number of hydrogen-bond acceptors (Lipinski definition) is 3. The molecule has 0 aliphatic heterocycles. The van der Waals surface area contributed by atoms with Crippen molar-refractivity contribution in [2.75, 3.05) is 13.2 Å². The average molecular weight is 320 g/mol. The predicted octanol–water partition coefficient (Wildman–Crippen LogP) is 2.89. The van der Waals surface area contributed by atoms with Crippen LogP contribution in [0.1, 0.15) is 58.8 Å². The molecule has 0 saturated heterocycles. The fraction of sp³-hybridized carbons (Fsp3) is 0.900. The van der Waals surface area contributed by atoms with Gasteiger partial charge >= 0.3 is 0 Å². The van der Waals surface area contributed by atoms with Crippen molar-refractivity contribution in [3.05, 3.63) is 11.6 Å². The lowest BCUT2D eigenvalue weighted by Crippen LogP contribution is -2.61. The molecule has 3 fully saturated rings. The highest BCUT2D eigenvalue weighted by molar-refractivity contribution is 5.30. The van der Waals surface area contributed by atoms with Crippen LogP contribution in [0.3, 0.4) is 0 Å². The molecular formula is C20H32O3. The van der Waals surface area contributed by atoms with Crippen molar-refractivity contribution in [2.45, 2.75) is 64.9 Å². The Kier molecular flexibility index (Phi) is 3.54. The molecule has 23 heavy (non-hydrogen) atoms. The zero-order chi connectivity index (χ0) is 16.5. The molecule has 7 atom stereocenters. The van der Waals surface area contributed by atoms with Gasteiger partial charge in [-0.3, -0.25) is 0 Å². The van der Waals surface area contributed by atoms with E-state index in [1.807, 2.05) is 0 Å². The Labute approximate surface area is 139 Å². The maximum atomic E-state index is 11.2. The van der Waals surface area contributed by atoms with Crippen molar-refractivity contribution in [3.63, 3.8) is 0 Å². The molecule has 0 amide bonds. The molecule has 0 aromatic heterocycles. The minimum Gasteiger partial charge on any atom is -0.396 e. The van der Waals surface area contributed by atoms with Gasteiger partial charge in [0.15, 0.2) is 0 Å². The van der Waals surface area contributed by atoms with Crippen molar-refractivity contribution in [3.8, 4) is 0 Å². The summed E-state index contributed by atoms with van der Waals surface area (Å²) in [5.41, 5.74) is 1.23. The number of aliphatic hydroxyl groups is 3. The highest BCUT2D eigenvalue weighted by Crippen LogP contribution is 2.70. The molecule has 130 valence electrons. The Hall–Kier alpha value is -0.380. The van der Waals surface area contributed by atoms with Crippen LogP contribution in [0.5, 0.6) is 0 Å². The highest BCUT2D eigenvalue weighted by atomic mass is 16.3. The largest absolute Gasteiger partial charge is 0.396 e. The van der Waals surface area contributed by atoms with Crippen molar-refractivity contribution in [1.29, 1.82) is 0 Å². The second kappa shape index (κ2) is 5.06. The predicted molar refractivity (Wildman–Crippen MR) is 89.7 cm³/mol. The third-order valence-electron chi connectivity index (χ3n) is 8.55. The summed E-state index contributed by atoms with van der Waals surface area (Å²) in [6.07, 6.45) is 9.62. The van der Waals surface area contributed by atoms with Crippen LogP contribution in [0.2, 0.25) is 0 Å². The Bertz CT molecular complexity index is 529. The van der Waals surface area contributed by atoms with E-state index in [2.05, 4.69) is 19.9 Å². The monoisotopic (exact) mass is 320 g/mol. The summed E-state index contributed by atoms with van der Waals surface area (Å²) in [6, 6.07) is 0. The summed E-state index contributed by atoms with van der Waals surface area (Å²) in [5, 5.41) is 31.0. The summed E-state index contributed by atoms with van der Waals surface area (Å²) < 4.78 is 0. The molecule has 0 heterocycles. The van der Waals surface area contributed by atoms with Gasteiger partial charge in [-0.1, -0.05) is 26.3 Å². The first-order valence-electron chi connectivity index (χ1n) is 9.51. The third kappa shape index (κ3) is 1.93. The molecule has 0 unspecified atom stereocenters. The van der Waals surface area contributed by atoms with Crippen LogP contribution in [0.4, 0.5) is 0 Å². The normalized spacial score (nSPS) is 55.1. The van der Waals surface area contributed by atoms with E-state index in [-0.39, 0.29) is 35.6 Å². The first kappa shape index (κ1) is 16.1. The molecule has 4 aliphatic rings. The molecule has 3 saturated carbocycles. The van der Waals surface area contributed by atoms with E-state index in [0.29, 0.717) is 17.8 Å². The summed E-state index contributed by atoms with van der Waals surface area (Å²) in [6.45, 7) is 5.06. The standard InChI is InChI=1S/C20H32O3/c1-18(12-22)6-3-7-19(2)15-5-4-13-9-20(15,10-14(13)11-21)17(23)8-16(18)19/h10,13,15-17,21-23H,3-9,11-12H2,1-2H3/t13-,15+,16+,17+,18-,19+,20-/m1/s1. The maximum Gasteiger partial charge on any atom is 0.0644 e. The molecular weight excluding hydrogens is 288 g/mol. The maximum absolute atomic E-state index is 11.2. The van der Waals surface area contributed by atoms with Gasteiger partial charge in [0.05, 0.1) is 12.7 Å². The first-order chi connectivity index (χ1) is 10.9. The molecule has 3 N–H and O–H groups in total. The number of rotatable bonds is 2. The zero-order valence-corrected chi connectivity index (χ0v) is 14.6. The topological polar surface area (TPSA) is 60.7 Å². The lowest BCUT2D eigenvalue weighted by Gasteiger charge is -2.65. The third-order valence-corrected chi connectivity index (χ3v) is 8.55. The summed E-state index contributed by atoms with van der Waals surface area (Å²) in [7, 11) is 0. The van der Waals surface area contributed by atoms with Crippen molar-refractivity contribution < 1.29 is 15.3 Å². The molecule has 3 heteroatoms. The lowest BCUT2D eigenvalue weighted by atomic mass is 9.40. The number of hydrogen-bond donors (Lipinski definition) is 3. The number of fused-ring (bicyclic) bond motifs is 3. The zero-order valence-electron chi connectivity index (χ0n) is 14.6. The van der Waals surface area contributed by atoms with Gasteiger partial charge in [-0.25, -0.2) is 0 Å². The van der Waals surface area contributed by atoms with Crippen molar-refractivity contribution >= 4 is 0 Å². The van der Waals surface area contributed by atoms with Crippen molar-refractivity contribution in [2.24, 2.45) is 34.0 Å². The van der Waals surface area contributed by atoms with Crippen LogP contribution in [0.25, 0.3) is 0 Å². The summed E-state index contributed by atoms with van der Waals surface area (Å²) in [4.78, 5) is 0. The van der Waals surface area contributed by atoms with Gasteiger partial charge < -0.3 is 15.3 Å². The average Bonchev–Trinajstić information content (AvgIpc) is 2.82. The van der Waals surface area contributed by atoms with Crippen LogP contribution >= 0.6 is 0 Å². The van der Waals surface area contributed by atoms with Crippen LogP contribution in [0.15, 0.2) is 11.6 Å². The molecule has 3 nitrogen and oxygen atoms in total. The fourth-order valence-corrected chi connectivity index (χ4v) is 7.45. The van der Waals surface area contributed by atoms with E-state index < -0.39 is 0 Å². The molecule has 1 spiro atoms. The van der Waals surface area contributed by atoms with Crippen LogP contribution in [0, 0.1) is 34.0 Å². The van der Waals surface area contributed by atoms with Crippen LogP contribution < -0.4 is 0 Å². The van der Waals surface area contributed by atoms with E-state index in [4.69, 9.17) is 0 Å². The van der Waals surface area contributed by atoms with E-state index in [0.717, 1.165) is 32.1 Å². The van der Waals surface area contributed by atoms with Crippen LogP contribution in [-0.4, -0.2) is 34.6 Å². The number of aliphatic hydroxyl groups excluding tert-OH is 3. The highest BCUT2D eigenvalue weighted by Gasteiger charge is 2.65. The molecule has 4 aliphatic carbocycles. The van der Waals surface area contributed by atoms with Crippen molar-refractivity contribution in [1.82, 2.24) is 0 Å². The minimum absolute atomic E-state index is 0.0471. The van der Waals surface area contributed by atoms with Gasteiger partial charge in [-0.2, -0.15) is 0 Å². The van der Waals surface area contributed by atoms with Gasteiger partial charge in [0.25, 0.3) is 0 Å². The second-order valence-corrected chi connectivity index (χ2v) is 9.50. The Morgan fingerprint density at radius 1 is 1.13 bits per heavy atom. The van der Waals surface area contributed by atoms with Gasteiger partial charge in [-0.15, -0.1) is 0 Å². The quantitative estimate of drug-likeness (QED) is 0.686. The van der Waals surface area contributed by atoms with E-state index in [1.54, 1.807) is 0 Å². The van der Waals surface area contributed by atoms with Gasteiger partial charge in [0, 0.05) is 12.0 Å².